The van der Waals surface area contributed by atoms with Gasteiger partial charge in [-0.15, -0.1) is 0 Å². The number of rotatable bonds is 1. The highest BCUT2D eigenvalue weighted by Gasteiger charge is 2.33. The van der Waals surface area contributed by atoms with Gasteiger partial charge in [-0.25, -0.2) is 4.79 Å². The number of amides is 2. The van der Waals surface area contributed by atoms with E-state index in [4.69, 9.17) is 4.74 Å². The van der Waals surface area contributed by atoms with Crippen LogP contribution in [0, 0.1) is 0 Å². The fourth-order valence-electron chi connectivity index (χ4n) is 2.19. The molecule has 2 rings (SSSR count). The summed E-state index contributed by atoms with van der Waals surface area (Å²) in [6.45, 7) is 3.49. The molecule has 0 fully saturated rings. The SMILES string of the molecule is CCOC(=O)C(=O)N1c2ccccc2NC(=O)CC1C. The van der Waals surface area contributed by atoms with Crippen molar-refractivity contribution in [2.24, 2.45) is 0 Å². The molecule has 1 aromatic rings. The van der Waals surface area contributed by atoms with E-state index in [0.29, 0.717) is 11.4 Å². The van der Waals surface area contributed by atoms with Crippen molar-refractivity contribution >= 4 is 29.2 Å². The highest BCUT2D eigenvalue weighted by Crippen LogP contribution is 2.31. The van der Waals surface area contributed by atoms with E-state index in [9.17, 15) is 14.4 Å². The number of carbonyl (C=O) groups is 3. The molecule has 1 aliphatic heterocycles. The number of hydrogen-bond donors (Lipinski definition) is 1. The molecule has 0 aromatic heterocycles. The molecule has 0 saturated heterocycles. The third kappa shape index (κ3) is 2.64. The van der Waals surface area contributed by atoms with Gasteiger partial charge in [0.2, 0.25) is 5.91 Å². The molecule has 1 N–H and O–H groups in total. The Morgan fingerprint density at radius 1 is 1.40 bits per heavy atom. The summed E-state index contributed by atoms with van der Waals surface area (Å²) in [5.74, 6) is -1.86. The van der Waals surface area contributed by atoms with Crippen molar-refractivity contribution in [3.63, 3.8) is 0 Å². The van der Waals surface area contributed by atoms with Crippen LogP contribution in [-0.2, 0) is 19.1 Å². The fourth-order valence-corrected chi connectivity index (χ4v) is 2.19. The minimum Gasteiger partial charge on any atom is -0.459 e. The molecular weight excluding hydrogens is 260 g/mol. The Labute approximate surface area is 116 Å². The summed E-state index contributed by atoms with van der Waals surface area (Å²) in [4.78, 5) is 37.0. The Morgan fingerprint density at radius 2 is 2.10 bits per heavy atom. The summed E-state index contributed by atoms with van der Waals surface area (Å²) >= 11 is 0. The Kier molecular flexibility index (Phi) is 4.02. The standard InChI is InChI=1S/C14H16N2O4/c1-3-20-14(19)13(18)16-9(2)8-12(17)15-10-6-4-5-7-11(10)16/h4-7,9H,3,8H2,1-2H3,(H,15,17). The molecule has 20 heavy (non-hydrogen) atoms. The normalized spacial score (nSPS) is 17.8. The first-order chi connectivity index (χ1) is 9.54. The van der Waals surface area contributed by atoms with Gasteiger partial charge < -0.3 is 10.1 Å². The zero-order valence-electron chi connectivity index (χ0n) is 11.4. The highest BCUT2D eigenvalue weighted by molar-refractivity contribution is 6.38. The molecule has 1 unspecified atom stereocenters. The zero-order valence-corrected chi connectivity index (χ0v) is 11.4. The first kappa shape index (κ1) is 14.0. The summed E-state index contributed by atoms with van der Waals surface area (Å²) in [5, 5.41) is 2.72. The molecule has 0 saturated carbocycles. The summed E-state index contributed by atoms with van der Waals surface area (Å²) in [6.07, 6.45) is 0.125. The van der Waals surface area contributed by atoms with Gasteiger partial charge in [0.15, 0.2) is 0 Å². The number of ether oxygens (including phenoxy) is 1. The predicted molar refractivity (Wildman–Crippen MR) is 73.3 cm³/mol. The number of nitrogens with one attached hydrogen (secondary N) is 1. The lowest BCUT2D eigenvalue weighted by Gasteiger charge is -2.26. The lowest BCUT2D eigenvalue weighted by atomic mass is 10.1. The molecule has 6 nitrogen and oxygen atoms in total. The maximum Gasteiger partial charge on any atom is 0.397 e. The number of para-hydroxylation sites is 2. The van der Waals surface area contributed by atoms with Crippen molar-refractivity contribution in [3.8, 4) is 0 Å². The first-order valence-electron chi connectivity index (χ1n) is 6.43. The van der Waals surface area contributed by atoms with Crippen molar-refractivity contribution in [1.82, 2.24) is 0 Å². The topological polar surface area (TPSA) is 75.7 Å². The summed E-state index contributed by atoms with van der Waals surface area (Å²) in [7, 11) is 0. The van der Waals surface area contributed by atoms with Crippen molar-refractivity contribution in [2.45, 2.75) is 26.3 Å². The van der Waals surface area contributed by atoms with Crippen LogP contribution in [0.15, 0.2) is 24.3 Å². The van der Waals surface area contributed by atoms with E-state index in [2.05, 4.69) is 5.32 Å². The van der Waals surface area contributed by atoms with Crippen LogP contribution < -0.4 is 10.2 Å². The van der Waals surface area contributed by atoms with E-state index in [0.717, 1.165) is 0 Å². The van der Waals surface area contributed by atoms with E-state index in [1.165, 1.54) is 4.90 Å². The van der Waals surface area contributed by atoms with Crippen LogP contribution in [0.5, 0.6) is 0 Å². The number of hydrogen-bond acceptors (Lipinski definition) is 4. The van der Waals surface area contributed by atoms with E-state index in [1.807, 2.05) is 0 Å². The number of esters is 1. The van der Waals surface area contributed by atoms with Crippen LogP contribution in [0.25, 0.3) is 0 Å². The van der Waals surface area contributed by atoms with Gasteiger partial charge in [-0.1, -0.05) is 12.1 Å². The van der Waals surface area contributed by atoms with E-state index in [-0.39, 0.29) is 18.9 Å². The van der Waals surface area contributed by atoms with Crippen LogP contribution in [-0.4, -0.2) is 30.4 Å². The molecule has 0 aliphatic carbocycles. The number of carbonyl (C=O) groups excluding carboxylic acids is 3. The second-order valence-corrected chi connectivity index (χ2v) is 4.51. The molecule has 1 heterocycles. The van der Waals surface area contributed by atoms with E-state index < -0.39 is 17.9 Å². The van der Waals surface area contributed by atoms with Gasteiger partial charge in [-0.2, -0.15) is 0 Å². The third-order valence-electron chi connectivity index (χ3n) is 3.03. The maximum absolute atomic E-state index is 12.2. The molecule has 1 atom stereocenters. The summed E-state index contributed by atoms with van der Waals surface area (Å²) in [6, 6.07) is 6.46. The Bertz CT molecular complexity index is 556. The summed E-state index contributed by atoms with van der Waals surface area (Å²) in [5.41, 5.74) is 1.02. The molecule has 1 aliphatic rings. The second-order valence-electron chi connectivity index (χ2n) is 4.51. The Hall–Kier alpha value is -2.37. The lowest BCUT2D eigenvalue weighted by molar-refractivity contribution is -0.153. The molecule has 0 spiro atoms. The number of nitrogens with zero attached hydrogens (tertiary/aromatic N) is 1. The van der Waals surface area contributed by atoms with Crippen molar-refractivity contribution in [3.05, 3.63) is 24.3 Å². The third-order valence-corrected chi connectivity index (χ3v) is 3.03. The number of benzene rings is 1. The molecule has 106 valence electrons. The molecule has 6 heteroatoms. The maximum atomic E-state index is 12.2. The van der Waals surface area contributed by atoms with Crippen LogP contribution in [0.1, 0.15) is 20.3 Å². The van der Waals surface area contributed by atoms with Crippen molar-refractivity contribution in [2.75, 3.05) is 16.8 Å². The Balaban J connectivity index is 2.42. The highest BCUT2D eigenvalue weighted by atomic mass is 16.5. The Morgan fingerprint density at radius 3 is 2.80 bits per heavy atom. The van der Waals surface area contributed by atoms with Crippen LogP contribution in [0.4, 0.5) is 11.4 Å². The fraction of sp³-hybridized carbons (Fsp3) is 0.357. The van der Waals surface area contributed by atoms with Gasteiger partial charge in [0.1, 0.15) is 0 Å². The smallest absolute Gasteiger partial charge is 0.397 e. The molecule has 1 aromatic carbocycles. The van der Waals surface area contributed by atoms with Crippen molar-refractivity contribution < 1.29 is 19.1 Å². The average molecular weight is 276 g/mol. The predicted octanol–water partition coefficient (Wildman–Crippen LogP) is 1.31. The second kappa shape index (κ2) is 5.73. The molecule has 0 bridgehead atoms. The zero-order chi connectivity index (χ0) is 14.7. The minimum absolute atomic E-state index is 0.125. The molecular formula is C14H16N2O4. The van der Waals surface area contributed by atoms with Gasteiger partial charge in [0.05, 0.1) is 18.0 Å². The van der Waals surface area contributed by atoms with Gasteiger partial charge >= 0.3 is 11.9 Å². The van der Waals surface area contributed by atoms with Gasteiger partial charge in [-0.05, 0) is 26.0 Å². The van der Waals surface area contributed by atoms with Gasteiger partial charge in [0.25, 0.3) is 0 Å². The minimum atomic E-state index is -0.913. The monoisotopic (exact) mass is 276 g/mol. The van der Waals surface area contributed by atoms with Gasteiger partial charge in [-0.3, -0.25) is 14.5 Å². The largest absolute Gasteiger partial charge is 0.459 e. The number of fused-ring (bicyclic) bond motifs is 1. The molecule has 0 radical (unpaired) electrons. The van der Waals surface area contributed by atoms with E-state index >= 15 is 0 Å². The van der Waals surface area contributed by atoms with Crippen LogP contribution >= 0.6 is 0 Å². The van der Waals surface area contributed by atoms with Crippen molar-refractivity contribution in [1.29, 1.82) is 0 Å². The van der Waals surface area contributed by atoms with Gasteiger partial charge in [0, 0.05) is 12.5 Å². The van der Waals surface area contributed by atoms with E-state index in [1.54, 1.807) is 38.1 Å². The average Bonchev–Trinajstić information content (AvgIpc) is 2.52. The van der Waals surface area contributed by atoms with Crippen LogP contribution in [0.3, 0.4) is 0 Å². The lowest BCUT2D eigenvalue weighted by Crippen LogP contribution is -2.43. The summed E-state index contributed by atoms with van der Waals surface area (Å²) < 4.78 is 4.75. The molecule has 2 amide bonds. The quantitative estimate of drug-likeness (QED) is 0.620. The van der Waals surface area contributed by atoms with Crippen LogP contribution in [0.2, 0.25) is 0 Å². The number of anilines is 2. The first-order valence-corrected chi connectivity index (χ1v) is 6.43.